The van der Waals surface area contributed by atoms with Crippen LogP contribution in [0.25, 0.3) is 0 Å². The third-order valence-electron chi connectivity index (χ3n) is 2.89. The molecule has 0 fully saturated rings. The van der Waals surface area contributed by atoms with E-state index in [4.69, 9.17) is 9.47 Å². The number of nitrogens with zero attached hydrogens (tertiary/aromatic N) is 1. The zero-order valence-electron chi connectivity index (χ0n) is 12.4. The highest BCUT2D eigenvalue weighted by Gasteiger charge is 2.18. The average molecular weight is 282 g/mol. The minimum absolute atomic E-state index is 0.0185. The van der Waals surface area contributed by atoms with Gasteiger partial charge in [-0.2, -0.15) is 0 Å². The SMILES string of the molecule is CCCOc1cc(NCC(C)(C)OC)ccc1[N+](=O)[O-]. The molecule has 1 aromatic rings. The second-order valence-corrected chi connectivity index (χ2v) is 5.11. The smallest absolute Gasteiger partial charge is 0.311 e. The second kappa shape index (κ2) is 7.09. The van der Waals surface area contributed by atoms with Crippen molar-refractivity contribution in [3.8, 4) is 5.75 Å². The summed E-state index contributed by atoms with van der Waals surface area (Å²) in [5.74, 6) is 0.289. The Morgan fingerprint density at radius 1 is 1.40 bits per heavy atom. The molecule has 1 N–H and O–H groups in total. The van der Waals surface area contributed by atoms with Gasteiger partial charge in [-0.1, -0.05) is 6.92 Å². The molecule has 0 aromatic heterocycles. The maximum absolute atomic E-state index is 10.9. The normalized spacial score (nSPS) is 11.2. The summed E-state index contributed by atoms with van der Waals surface area (Å²) in [7, 11) is 1.65. The largest absolute Gasteiger partial charge is 0.487 e. The standard InChI is InChI=1S/C14H22N2O4/c1-5-8-20-13-9-11(6-7-12(13)16(17)18)15-10-14(2,3)19-4/h6-7,9,15H,5,8,10H2,1-4H3. The van der Waals surface area contributed by atoms with E-state index in [2.05, 4.69) is 5.32 Å². The second-order valence-electron chi connectivity index (χ2n) is 5.11. The first-order valence-electron chi connectivity index (χ1n) is 6.60. The van der Waals surface area contributed by atoms with Crippen molar-refractivity contribution in [1.29, 1.82) is 0 Å². The highest BCUT2D eigenvalue weighted by Crippen LogP contribution is 2.30. The summed E-state index contributed by atoms with van der Waals surface area (Å²) in [5, 5.41) is 14.1. The Hall–Kier alpha value is -1.82. The van der Waals surface area contributed by atoms with Crippen LogP contribution in [0.5, 0.6) is 5.75 Å². The van der Waals surface area contributed by atoms with Gasteiger partial charge in [-0.05, 0) is 26.3 Å². The predicted octanol–water partition coefficient (Wildman–Crippen LogP) is 3.22. The predicted molar refractivity (Wildman–Crippen MR) is 78.5 cm³/mol. The molecule has 0 bridgehead atoms. The molecule has 0 unspecified atom stereocenters. The fourth-order valence-electron chi connectivity index (χ4n) is 1.49. The average Bonchev–Trinajstić information content (AvgIpc) is 2.42. The van der Waals surface area contributed by atoms with Gasteiger partial charge >= 0.3 is 5.69 Å². The summed E-state index contributed by atoms with van der Waals surface area (Å²) >= 11 is 0. The van der Waals surface area contributed by atoms with Gasteiger partial charge in [0.05, 0.1) is 17.1 Å². The monoisotopic (exact) mass is 282 g/mol. The van der Waals surface area contributed by atoms with E-state index in [0.29, 0.717) is 13.2 Å². The Kier molecular flexibility index (Phi) is 5.76. The Morgan fingerprint density at radius 3 is 2.65 bits per heavy atom. The van der Waals surface area contributed by atoms with E-state index in [-0.39, 0.29) is 17.0 Å². The molecule has 0 aliphatic rings. The Bertz CT molecular complexity index is 460. The molecule has 6 nitrogen and oxygen atoms in total. The number of ether oxygens (including phenoxy) is 2. The molecular formula is C14H22N2O4. The molecule has 0 aliphatic heterocycles. The number of nitro benzene ring substituents is 1. The summed E-state index contributed by atoms with van der Waals surface area (Å²) in [6.45, 7) is 6.91. The molecule has 1 rings (SSSR count). The Morgan fingerprint density at radius 2 is 2.10 bits per heavy atom. The summed E-state index contributed by atoms with van der Waals surface area (Å²) in [6, 6.07) is 4.77. The van der Waals surface area contributed by atoms with Gasteiger partial charge in [0, 0.05) is 31.5 Å². The molecule has 0 saturated heterocycles. The van der Waals surface area contributed by atoms with Crippen LogP contribution in [0.4, 0.5) is 11.4 Å². The third kappa shape index (κ3) is 4.70. The minimum Gasteiger partial charge on any atom is -0.487 e. The maximum Gasteiger partial charge on any atom is 0.311 e. The first kappa shape index (κ1) is 16.2. The van der Waals surface area contributed by atoms with Crippen LogP contribution in [0.15, 0.2) is 18.2 Å². The topological polar surface area (TPSA) is 73.6 Å². The van der Waals surface area contributed by atoms with E-state index in [0.717, 1.165) is 12.1 Å². The van der Waals surface area contributed by atoms with Crippen molar-refractivity contribution in [3.63, 3.8) is 0 Å². The van der Waals surface area contributed by atoms with Crippen LogP contribution in [-0.2, 0) is 4.74 Å². The summed E-state index contributed by atoms with van der Waals surface area (Å²) < 4.78 is 10.7. The van der Waals surface area contributed by atoms with Gasteiger partial charge in [-0.25, -0.2) is 0 Å². The lowest BCUT2D eigenvalue weighted by Crippen LogP contribution is -2.32. The van der Waals surface area contributed by atoms with Crippen LogP contribution < -0.4 is 10.1 Å². The van der Waals surface area contributed by atoms with E-state index < -0.39 is 4.92 Å². The van der Waals surface area contributed by atoms with Crippen LogP contribution in [0.1, 0.15) is 27.2 Å². The van der Waals surface area contributed by atoms with Crippen LogP contribution in [0, 0.1) is 10.1 Å². The fraction of sp³-hybridized carbons (Fsp3) is 0.571. The maximum atomic E-state index is 10.9. The van der Waals surface area contributed by atoms with Crippen molar-refractivity contribution < 1.29 is 14.4 Å². The number of nitrogens with one attached hydrogen (secondary N) is 1. The summed E-state index contributed by atoms with van der Waals surface area (Å²) in [5.41, 5.74) is 0.438. The van der Waals surface area contributed by atoms with Gasteiger partial charge in [0.25, 0.3) is 0 Å². The fourth-order valence-corrected chi connectivity index (χ4v) is 1.49. The van der Waals surface area contributed by atoms with Gasteiger partial charge < -0.3 is 14.8 Å². The molecule has 6 heteroatoms. The lowest BCUT2D eigenvalue weighted by molar-refractivity contribution is -0.385. The van der Waals surface area contributed by atoms with E-state index in [1.54, 1.807) is 19.2 Å². The zero-order chi connectivity index (χ0) is 15.2. The Balaban J connectivity index is 2.86. The summed E-state index contributed by atoms with van der Waals surface area (Å²) in [4.78, 5) is 10.5. The van der Waals surface area contributed by atoms with Crippen molar-refractivity contribution >= 4 is 11.4 Å². The third-order valence-corrected chi connectivity index (χ3v) is 2.89. The van der Waals surface area contributed by atoms with Crippen LogP contribution in [-0.4, -0.2) is 30.8 Å². The molecule has 0 aliphatic carbocycles. The highest BCUT2D eigenvalue weighted by molar-refractivity contribution is 5.58. The number of hydrogen-bond donors (Lipinski definition) is 1. The van der Waals surface area contributed by atoms with Crippen molar-refractivity contribution in [1.82, 2.24) is 0 Å². The number of methoxy groups -OCH3 is 1. The zero-order valence-corrected chi connectivity index (χ0v) is 12.4. The van der Waals surface area contributed by atoms with Crippen molar-refractivity contribution in [2.45, 2.75) is 32.8 Å². The van der Waals surface area contributed by atoms with Gasteiger partial charge in [0.15, 0.2) is 5.75 Å². The lowest BCUT2D eigenvalue weighted by Gasteiger charge is -2.23. The van der Waals surface area contributed by atoms with Gasteiger partial charge in [0.2, 0.25) is 0 Å². The molecule has 0 radical (unpaired) electrons. The first-order valence-corrected chi connectivity index (χ1v) is 6.60. The number of hydrogen-bond acceptors (Lipinski definition) is 5. The Labute approximate surface area is 119 Å². The van der Waals surface area contributed by atoms with E-state index in [1.165, 1.54) is 6.07 Å². The number of nitro groups is 1. The van der Waals surface area contributed by atoms with Gasteiger partial charge in [0.1, 0.15) is 0 Å². The molecule has 0 atom stereocenters. The molecule has 0 spiro atoms. The lowest BCUT2D eigenvalue weighted by atomic mass is 10.1. The highest BCUT2D eigenvalue weighted by atomic mass is 16.6. The van der Waals surface area contributed by atoms with Gasteiger partial charge in [-0.3, -0.25) is 10.1 Å². The number of benzene rings is 1. The van der Waals surface area contributed by atoms with Crippen LogP contribution in [0.3, 0.4) is 0 Å². The van der Waals surface area contributed by atoms with E-state index in [1.807, 2.05) is 20.8 Å². The molecule has 0 heterocycles. The molecule has 112 valence electrons. The van der Waals surface area contributed by atoms with Gasteiger partial charge in [-0.15, -0.1) is 0 Å². The van der Waals surface area contributed by atoms with E-state index >= 15 is 0 Å². The van der Waals surface area contributed by atoms with Crippen molar-refractivity contribution in [3.05, 3.63) is 28.3 Å². The summed E-state index contributed by atoms with van der Waals surface area (Å²) in [6.07, 6.45) is 0.797. The molecular weight excluding hydrogens is 260 g/mol. The first-order chi connectivity index (χ1) is 9.39. The van der Waals surface area contributed by atoms with Crippen LogP contribution in [0.2, 0.25) is 0 Å². The number of rotatable bonds is 8. The van der Waals surface area contributed by atoms with Crippen molar-refractivity contribution in [2.24, 2.45) is 0 Å². The molecule has 0 saturated carbocycles. The van der Waals surface area contributed by atoms with Crippen LogP contribution >= 0.6 is 0 Å². The molecule has 20 heavy (non-hydrogen) atoms. The number of anilines is 1. The van der Waals surface area contributed by atoms with Crippen molar-refractivity contribution in [2.75, 3.05) is 25.6 Å². The van der Waals surface area contributed by atoms with E-state index in [9.17, 15) is 10.1 Å². The quantitative estimate of drug-likeness (QED) is 0.585. The molecule has 1 aromatic carbocycles. The molecule has 0 amide bonds. The minimum atomic E-state index is -0.437.